The topological polar surface area (TPSA) is 33.1 Å². The Balaban J connectivity index is 2.41. The van der Waals surface area contributed by atoms with Gasteiger partial charge in [-0.2, -0.15) is 0 Å². The normalized spacial score (nSPS) is 11.8. The third-order valence-corrected chi connectivity index (χ3v) is 2.28. The molecule has 0 spiro atoms. The summed E-state index contributed by atoms with van der Waals surface area (Å²) in [5.74, 6) is -0.734. The standard InChI is InChI=1S/C11H9Cl3FNO/c12-11(13,14)10(16)17-7-1-2-8-3-5-9(15)6-4-8/h1-6,16H,7H2/b2-1+,16-10?. The molecule has 0 aromatic heterocycles. The van der Waals surface area contributed by atoms with Crippen LogP contribution in [0.5, 0.6) is 0 Å². The van der Waals surface area contributed by atoms with E-state index in [-0.39, 0.29) is 12.4 Å². The monoisotopic (exact) mass is 295 g/mol. The molecule has 6 heteroatoms. The fourth-order valence-corrected chi connectivity index (χ4v) is 1.14. The van der Waals surface area contributed by atoms with Crippen molar-refractivity contribution in [2.45, 2.75) is 3.79 Å². The smallest absolute Gasteiger partial charge is 0.265 e. The van der Waals surface area contributed by atoms with Crippen LogP contribution in [-0.4, -0.2) is 16.3 Å². The molecular formula is C11H9Cl3FNO. The predicted octanol–water partition coefficient (Wildman–Crippen LogP) is 4.20. The summed E-state index contributed by atoms with van der Waals surface area (Å²) in [6.07, 6.45) is 3.35. The van der Waals surface area contributed by atoms with Crippen LogP contribution < -0.4 is 0 Å². The second-order valence-electron chi connectivity index (χ2n) is 3.09. The van der Waals surface area contributed by atoms with Gasteiger partial charge in [0.15, 0.2) is 0 Å². The first-order valence-corrected chi connectivity index (χ1v) is 5.73. The van der Waals surface area contributed by atoms with E-state index in [0.29, 0.717) is 0 Å². The lowest BCUT2D eigenvalue weighted by Gasteiger charge is -2.11. The summed E-state index contributed by atoms with van der Waals surface area (Å²) >= 11 is 16.2. The van der Waals surface area contributed by atoms with E-state index in [1.54, 1.807) is 24.3 Å². The van der Waals surface area contributed by atoms with Crippen molar-refractivity contribution in [3.8, 4) is 0 Å². The first kappa shape index (κ1) is 14.3. The molecule has 17 heavy (non-hydrogen) atoms. The summed E-state index contributed by atoms with van der Waals surface area (Å²) in [7, 11) is 0. The van der Waals surface area contributed by atoms with Crippen molar-refractivity contribution in [2.75, 3.05) is 6.61 Å². The minimum Gasteiger partial charge on any atom is -0.474 e. The molecular weight excluding hydrogens is 287 g/mol. The van der Waals surface area contributed by atoms with E-state index >= 15 is 0 Å². The van der Waals surface area contributed by atoms with E-state index in [0.717, 1.165) is 5.56 Å². The molecule has 1 N–H and O–H groups in total. The Kier molecular flexibility index (Phi) is 5.25. The van der Waals surface area contributed by atoms with E-state index in [1.165, 1.54) is 12.1 Å². The maximum atomic E-state index is 12.6. The van der Waals surface area contributed by atoms with Crippen molar-refractivity contribution in [1.82, 2.24) is 0 Å². The molecule has 0 heterocycles. The van der Waals surface area contributed by atoms with Crippen molar-refractivity contribution in [2.24, 2.45) is 0 Å². The Morgan fingerprint density at radius 3 is 2.41 bits per heavy atom. The van der Waals surface area contributed by atoms with Gasteiger partial charge in [-0.05, 0) is 23.8 Å². The zero-order valence-electron chi connectivity index (χ0n) is 8.59. The van der Waals surface area contributed by atoms with Gasteiger partial charge in [-0.1, -0.05) is 53.0 Å². The molecule has 0 aliphatic carbocycles. The lowest BCUT2D eigenvalue weighted by molar-refractivity contribution is 0.341. The molecule has 0 bridgehead atoms. The van der Waals surface area contributed by atoms with Gasteiger partial charge in [-0.3, -0.25) is 5.41 Å². The highest BCUT2D eigenvalue weighted by atomic mass is 35.6. The van der Waals surface area contributed by atoms with Crippen LogP contribution in [0, 0.1) is 11.2 Å². The van der Waals surface area contributed by atoms with Crippen molar-refractivity contribution in [1.29, 1.82) is 5.41 Å². The number of rotatable bonds is 3. The van der Waals surface area contributed by atoms with Gasteiger partial charge in [0.1, 0.15) is 12.4 Å². The SMILES string of the molecule is N=C(OC/C=C/c1ccc(F)cc1)C(Cl)(Cl)Cl. The van der Waals surface area contributed by atoms with Gasteiger partial charge in [0.25, 0.3) is 3.79 Å². The maximum Gasteiger partial charge on any atom is 0.265 e. The molecule has 0 fully saturated rings. The molecule has 0 saturated carbocycles. The molecule has 0 unspecified atom stereocenters. The van der Waals surface area contributed by atoms with Crippen LogP contribution in [0.2, 0.25) is 0 Å². The van der Waals surface area contributed by atoms with Gasteiger partial charge < -0.3 is 4.74 Å². The number of benzene rings is 1. The first-order valence-electron chi connectivity index (χ1n) is 4.60. The fraction of sp³-hybridized carbons (Fsp3) is 0.182. The number of nitrogens with one attached hydrogen (secondary N) is 1. The Morgan fingerprint density at radius 2 is 1.88 bits per heavy atom. The second-order valence-corrected chi connectivity index (χ2v) is 5.37. The molecule has 0 saturated heterocycles. The summed E-state index contributed by atoms with van der Waals surface area (Å²) in [5, 5.41) is 7.25. The van der Waals surface area contributed by atoms with Gasteiger partial charge in [-0.25, -0.2) is 4.39 Å². The van der Waals surface area contributed by atoms with Crippen molar-refractivity contribution in [3.63, 3.8) is 0 Å². The zero-order valence-corrected chi connectivity index (χ0v) is 10.9. The van der Waals surface area contributed by atoms with E-state index in [4.69, 9.17) is 44.9 Å². The van der Waals surface area contributed by atoms with Crippen molar-refractivity contribution < 1.29 is 9.13 Å². The summed E-state index contributed by atoms with van der Waals surface area (Å²) in [4.78, 5) is 0. The Labute approximate surface area is 113 Å². The Morgan fingerprint density at radius 1 is 1.29 bits per heavy atom. The Bertz CT molecular complexity index is 412. The molecule has 2 nitrogen and oxygen atoms in total. The molecule has 1 aromatic carbocycles. The van der Waals surface area contributed by atoms with Gasteiger partial charge in [0, 0.05) is 0 Å². The summed E-state index contributed by atoms with van der Waals surface area (Å²) in [5.41, 5.74) is 0.815. The quantitative estimate of drug-likeness (QED) is 0.506. The van der Waals surface area contributed by atoms with E-state index in [1.807, 2.05) is 0 Å². The largest absolute Gasteiger partial charge is 0.474 e. The Hall–Kier alpha value is -0.770. The lowest BCUT2D eigenvalue weighted by Crippen LogP contribution is -2.21. The third kappa shape index (κ3) is 5.39. The van der Waals surface area contributed by atoms with Gasteiger partial charge in [-0.15, -0.1) is 0 Å². The average Bonchev–Trinajstić information content (AvgIpc) is 2.25. The highest BCUT2D eigenvalue weighted by molar-refractivity contribution is 6.76. The molecule has 0 amide bonds. The molecule has 0 atom stereocenters. The number of ether oxygens (including phenoxy) is 1. The molecule has 92 valence electrons. The second kappa shape index (κ2) is 6.24. The fourth-order valence-electron chi connectivity index (χ4n) is 0.971. The van der Waals surface area contributed by atoms with Gasteiger partial charge in [0.05, 0.1) is 0 Å². The summed E-state index contributed by atoms with van der Waals surface area (Å²) < 4.78 is 15.6. The van der Waals surface area contributed by atoms with E-state index in [2.05, 4.69) is 0 Å². The molecule has 0 radical (unpaired) electrons. The van der Waals surface area contributed by atoms with Crippen LogP contribution >= 0.6 is 34.8 Å². The number of hydrogen-bond donors (Lipinski definition) is 1. The molecule has 1 aromatic rings. The molecule has 0 aliphatic rings. The third-order valence-electron chi connectivity index (χ3n) is 1.76. The highest BCUT2D eigenvalue weighted by Gasteiger charge is 2.28. The van der Waals surface area contributed by atoms with Crippen LogP contribution in [0.1, 0.15) is 5.56 Å². The summed E-state index contributed by atoms with van der Waals surface area (Å²) in [6, 6.07) is 5.94. The van der Waals surface area contributed by atoms with Gasteiger partial charge >= 0.3 is 0 Å². The number of hydrogen-bond acceptors (Lipinski definition) is 2. The molecule has 1 rings (SSSR count). The number of alkyl halides is 3. The van der Waals surface area contributed by atoms with Crippen LogP contribution in [0.15, 0.2) is 30.3 Å². The van der Waals surface area contributed by atoms with Crippen LogP contribution in [0.3, 0.4) is 0 Å². The van der Waals surface area contributed by atoms with Crippen LogP contribution in [0.25, 0.3) is 6.08 Å². The average molecular weight is 297 g/mol. The van der Waals surface area contributed by atoms with Crippen molar-refractivity contribution in [3.05, 3.63) is 41.7 Å². The maximum absolute atomic E-state index is 12.6. The minimum atomic E-state index is -1.84. The molecule has 0 aliphatic heterocycles. The van der Waals surface area contributed by atoms with Crippen molar-refractivity contribution >= 4 is 46.8 Å². The number of halogens is 4. The minimum absolute atomic E-state index is 0.101. The van der Waals surface area contributed by atoms with Crippen LogP contribution in [-0.2, 0) is 4.74 Å². The van der Waals surface area contributed by atoms with E-state index < -0.39 is 9.69 Å². The van der Waals surface area contributed by atoms with Gasteiger partial charge in [0.2, 0.25) is 5.90 Å². The highest BCUT2D eigenvalue weighted by Crippen LogP contribution is 2.27. The van der Waals surface area contributed by atoms with E-state index in [9.17, 15) is 4.39 Å². The zero-order chi connectivity index (χ0) is 12.9. The lowest BCUT2D eigenvalue weighted by atomic mass is 10.2. The predicted molar refractivity (Wildman–Crippen MR) is 69.4 cm³/mol. The van der Waals surface area contributed by atoms with Crippen LogP contribution in [0.4, 0.5) is 4.39 Å². The first-order chi connectivity index (χ1) is 7.89. The summed E-state index contributed by atoms with van der Waals surface area (Å²) in [6.45, 7) is 0.101.